The summed E-state index contributed by atoms with van der Waals surface area (Å²) in [7, 11) is 1.65. The quantitative estimate of drug-likeness (QED) is 0.411. The second-order valence-electron chi connectivity index (χ2n) is 8.07. The van der Waals surface area contributed by atoms with E-state index in [1.54, 1.807) is 31.1 Å². The number of aryl methyl sites for hydroxylation is 1. The van der Waals surface area contributed by atoms with Gasteiger partial charge in [-0.3, -0.25) is 9.59 Å². The van der Waals surface area contributed by atoms with E-state index in [1.807, 2.05) is 24.3 Å². The number of hydrogen-bond acceptors (Lipinski definition) is 6. The molecule has 0 radical (unpaired) electrons. The summed E-state index contributed by atoms with van der Waals surface area (Å²) < 4.78 is 18.5. The molecule has 178 valence electrons. The Balaban J connectivity index is 1.35. The number of piperazine rings is 1. The molecule has 1 N–H and O–H groups in total. The number of benzene rings is 2. The zero-order chi connectivity index (χ0) is 24.1. The summed E-state index contributed by atoms with van der Waals surface area (Å²) >= 11 is 1.36. The highest BCUT2D eigenvalue weighted by atomic mass is 32.2. The molecule has 0 atom stereocenters. The molecule has 1 saturated heterocycles. The molecule has 2 heterocycles. The normalized spacial score (nSPS) is 13.7. The number of para-hydroxylation sites is 2. The summed E-state index contributed by atoms with van der Waals surface area (Å²) in [4.78, 5) is 36.9. The Hall–Kier alpha value is -3.33. The van der Waals surface area contributed by atoms with Gasteiger partial charge >= 0.3 is 0 Å². The summed E-state index contributed by atoms with van der Waals surface area (Å²) in [6, 6.07) is 14.1. The van der Waals surface area contributed by atoms with Crippen LogP contribution in [0.4, 0.5) is 10.1 Å². The number of thioether (sulfide) groups is 1. The molecular formula is C25H27FN4O3S. The van der Waals surface area contributed by atoms with E-state index in [2.05, 4.69) is 14.9 Å². The minimum atomic E-state index is -0.296. The molecule has 1 fully saturated rings. The molecule has 0 bridgehead atoms. The van der Waals surface area contributed by atoms with Crippen LogP contribution in [0, 0.1) is 12.7 Å². The predicted molar refractivity (Wildman–Crippen MR) is 131 cm³/mol. The van der Waals surface area contributed by atoms with Gasteiger partial charge in [-0.2, -0.15) is 0 Å². The first-order valence-electron chi connectivity index (χ1n) is 11.1. The molecule has 7 nitrogen and oxygen atoms in total. The molecule has 9 heteroatoms. The number of ether oxygens (including phenoxy) is 1. The second-order valence-corrected chi connectivity index (χ2v) is 9.03. The molecule has 2 aromatic carbocycles. The number of carbonyl (C=O) groups excluding carboxylic acids is 1. The summed E-state index contributed by atoms with van der Waals surface area (Å²) in [6.07, 6.45) is 0.0196. The zero-order valence-corrected chi connectivity index (χ0v) is 20.0. The highest BCUT2D eigenvalue weighted by Crippen LogP contribution is 2.28. The van der Waals surface area contributed by atoms with Gasteiger partial charge in [0.25, 0.3) is 5.56 Å². The van der Waals surface area contributed by atoms with E-state index in [0.717, 1.165) is 17.0 Å². The monoisotopic (exact) mass is 482 g/mol. The van der Waals surface area contributed by atoms with Crippen LogP contribution in [-0.4, -0.2) is 54.1 Å². The number of halogens is 1. The molecule has 0 saturated carbocycles. The third-order valence-electron chi connectivity index (χ3n) is 5.88. The molecule has 0 aliphatic carbocycles. The summed E-state index contributed by atoms with van der Waals surface area (Å²) in [5.74, 6) is 0.998. The highest BCUT2D eigenvalue weighted by molar-refractivity contribution is 7.98. The van der Waals surface area contributed by atoms with Crippen LogP contribution in [0.3, 0.4) is 0 Å². The third-order valence-corrected chi connectivity index (χ3v) is 6.82. The summed E-state index contributed by atoms with van der Waals surface area (Å²) in [6.45, 7) is 4.29. The van der Waals surface area contributed by atoms with Crippen molar-refractivity contribution >= 4 is 23.4 Å². The topological polar surface area (TPSA) is 78.5 Å². The number of rotatable bonds is 7. The Bertz CT molecular complexity index is 1210. The molecule has 1 aromatic heterocycles. The van der Waals surface area contributed by atoms with E-state index in [0.29, 0.717) is 48.3 Å². The highest BCUT2D eigenvalue weighted by Gasteiger charge is 2.24. The maximum atomic E-state index is 13.1. The SMILES string of the molecule is COc1ccccc1N1CCN(C(=O)Cc2c(C)nc(SCc3ccc(F)cc3)[nH]c2=O)CC1. The van der Waals surface area contributed by atoms with Gasteiger partial charge in [-0.05, 0) is 36.8 Å². The van der Waals surface area contributed by atoms with Crippen molar-refractivity contribution in [2.75, 3.05) is 38.2 Å². The molecule has 0 spiro atoms. The molecule has 34 heavy (non-hydrogen) atoms. The van der Waals surface area contributed by atoms with Crippen LogP contribution in [0.2, 0.25) is 0 Å². The van der Waals surface area contributed by atoms with Crippen LogP contribution in [0.15, 0.2) is 58.5 Å². The van der Waals surface area contributed by atoms with E-state index in [-0.39, 0.29) is 23.7 Å². The average Bonchev–Trinajstić information content (AvgIpc) is 2.86. The van der Waals surface area contributed by atoms with Gasteiger partial charge in [0, 0.05) is 43.2 Å². The number of nitrogens with zero attached hydrogens (tertiary/aromatic N) is 3. The molecule has 1 aliphatic rings. The largest absolute Gasteiger partial charge is 0.495 e. The minimum absolute atomic E-state index is 0.0196. The van der Waals surface area contributed by atoms with Gasteiger partial charge in [-0.15, -0.1) is 0 Å². The van der Waals surface area contributed by atoms with Gasteiger partial charge in [-0.1, -0.05) is 36.0 Å². The van der Waals surface area contributed by atoms with Gasteiger partial charge in [0.2, 0.25) is 5.91 Å². The van der Waals surface area contributed by atoms with Crippen molar-refractivity contribution in [2.24, 2.45) is 0 Å². The standard InChI is InChI=1S/C25H27FN4O3S/c1-17-20(24(32)28-25(27-17)34-16-18-7-9-19(26)10-8-18)15-23(31)30-13-11-29(12-14-30)21-5-3-4-6-22(21)33-2/h3-10H,11-16H2,1-2H3,(H,27,28,32). The van der Waals surface area contributed by atoms with Crippen molar-refractivity contribution in [3.05, 3.63) is 81.5 Å². The zero-order valence-electron chi connectivity index (χ0n) is 19.2. The predicted octanol–water partition coefficient (Wildman–Crippen LogP) is 3.41. The number of methoxy groups -OCH3 is 1. The van der Waals surface area contributed by atoms with Crippen molar-refractivity contribution in [1.82, 2.24) is 14.9 Å². The third kappa shape index (κ3) is 5.59. The van der Waals surface area contributed by atoms with Gasteiger partial charge < -0.3 is 19.5 Å². The first-order chi connectivity index (χ1) is 16.4. The average molecular weight is 483 g/mol. The number of nitrogens with one attached hydrogen (secondary N) is 1. The van der Waals surface area contributed by atoms with Crippen molar-refractivity contribution in [3.63, 3.8) is 0 Å². The van der Waals surface area contributed by atoms with Crippen molar-refractivity contribution < 1.29 is 13.9 Å². The van der Waals surface area contributed by atoms with E-state index in [4.69, 9.17) is 4.74 Å². The summed E-state index contributed by atoms with van der Waals surface area (Å²) in [5, 5.41) is 0.480. The van der Waals surface area contributed by atoms with Gasteiger partial charge in [0.1, 0.15) is 11.6 Å². The number of anilines is 1. The van der Waals surface area contributed by atoms with E-state index in [9.17, 15) is 14.0 Å². The number of H-pyrrole nitrogens is 1. The van der Waals surface area contributed by atoms with E-state index in [1.165, 1.54) is 23.9 Å². The maximum absolute atomic E-state index is 13.1. The van der Waals surface area contributed by atoms with Crippen molar-refractivity contribution in [2.45, 2.75) is 24.3 Å². The Morgan fingerprint density at radius 2 is 1.82 bits per heavy atom. The van der Waals surface area contributed by atoms with Crippen LogP contribution < -0.4 is 15.2 Å². The number of amides is 1. The van der Waals surface area contributed by atoms with Crippen LogP contribution in [0.5, 0.6) is 5.75 Å². The lowest BCUT2D eigenvalue weighted by Gasteiger charge is -2.36. The minimum Gasteiger partial charge on any atom is -0.495 e. The molecular weight excluding hydrogens is 455 g/mol. The fraction of sp³-hybridized carbons (Fsp3) is 0.320. The van der Waals surface area contributed by atoms with E-state index >= 15 is 0 Å². The van der Waals surface area contributed by atoms with Crippen LogP contribution in [0.25, 0.3) is 0 Å². The Morgan fingerprint density at radius 3 is 2.50 bits per heavy atom. The van der Waals surface area contributed by atoms with Crippen LogP contribution in [-0.2, 0) is 17.0 Å². The fourth-order valence-electron chi connectivity index (χ4n) is 3.94. The number of aromatic nitrogens is 2. The molecule has 1 aliphatic heterocycles. The van der Waals surface area contributed by atoms with E-state index < -0.39 is 0 Å². The smallest absolute Gasteiger partial charge is 0.255 e. The van der Waals surface area contributed by atoms with Crippen molar-refractivity contribution in [3.8, 4) is 5.75 Å². The number of aromatic amines is 1. The van der Waals surface area contributed by atoms with Gasteiger partial charge in [-0.25, -0.2) is 9.37 Å². The molecule has 4 rings (SSSR count). The number of carbonyl (C=O) groups is 1. The lowest BCUT2D eigenvalue weighted by molar-refractivity contribution is -0.130. The van der Waals surface area contributed by atoms with Gasteiger partial charge in [0.15, 0.2) is 5.16 Å². The summed E-state index contributed by atoms with van der Waals surface area (Å²) in [5.41, 5.74) is 2.59. The Labute approximate surface area is 202 Å². The second kappa shape index (κ2) is 10.7. The fourth-order valence-corrected chi connectivity index (χ4v) is 4.81. The Kier molecular flexibility index (Phi) is 7.52. The first kappa shape index (κ1) is 23.8. The Morgan fingerprint density at radius 1 is 1.12 bits per heavy atom. The maximum Gasteiger partial charge on any atom is 0.255 e. The van der Waals surface area contributed by atoms with Crippen LogP contribution in [0.1, 0.15) is 16.8 Å². The molecule has 3 aromatic rings. The van der Waals surface area contributed by atoms with Crippen LogP contribution >= 0.6 is 11.8 Å². The van der Waals surface area contributed by atoms with Gasteiger partial charge in [0.05, 0.1) is 19.2 Å². The van der Waals surface area contributed by atoms with Crippen molar-refractivity contribution in [1.29, 1.82) is 0 Å². The molecule has 1 amide bonds. The first-order valence-corrected chi connectivity index (χ1v) is 12.1. The number of hydrogen-bond donors (Lipinski definition) is 1. The molecule has 0 unspecified atom stereocenters. The lowest BCUT2D eigenvalue weighted by atomic mass is 10.1. The lowest BCUT2D eigenvalue weighted by Crippen LogP contribution is -2.49.